The van der Waals surface area contributed by atoms with E-state index in [1.807, 2.05) is 6.92 Å². The van der Waals surface area contributed by atoms with Gasteiger partial charge in [0.2, 0.25) is 11.2 Å². The number of aromatic nitrogens is 1. The third kappa shape index (κ3) is 5.13. The molecule has 2 fully saturated rings. The monoisotopic (exact) mass is 635 g/mol. The molecule has 2 atom stereocenters. The smallest absolute Gasteiger partial charge is 0.414 e. The predicted molar refractivity (Wildman–Crippen MR) is 151 cm³/mol. The van der Waals surface area contributed by atoms with Crippen molar-refractivity contribution in [3.05, 3.63) is 62.9 Å². The Bertz CT molecular complexity index is 1790. The molecular formula is C30H29F4N3O8. The molecule has 0 unspecified atom stereocenters. The van der Waals surface area contributed by atoms with Crippen LogP contribution in [0.5, 0.6) is 5.75 Å². The summed E-state index contributed by atoms with van der Waals surface area (Å²) in [5, 5.41) is 29.8. The number of carboxylic acids is 1. The molecule has 0 aliphatic carbocycles. The number of aromatic carboxylic acids is 1. The molecule has 11 nitrogen and oxygen atoms in total. The summed E-state index contributed by atoms with van der Waals surface area (Å²) in [6.45, 7) is 0.581. The van der Waals surface area contributed by atoms with Crippen LogP contribution in [0.25, 0.3) is 10.9 Å². The maximum absolute atomic E-state index is 15.6. The Kier molecular flexibility index (Phi) is 7.64. The van der Waals surface area contributed by atoms with E-state index in [4.69, 9.17) is 14.6 Å². The third-order valence-corrected chi connectivity index (χ3v) is 8.82. The number of ether oxygens (including phenoxy) is 2. The maximum atomic E-state index is 15.6. The van der Waals surface area contributed by atoms with Crippen LogP contribution in [0.3, 0.4) is 0 Å². The SMILES string of the molecule is C[C@H]1CCc2c(N3CCC(O)(COc4c(F)cc(N5C[C@H](CO)OC5=O)c(F)c4F)CC3)c(F)cc3c(=O)c(C(=O)O)cn1c23. The van der Waals surface area contributed by atoms with Crippen molar-refractivity contribution >= 4 is 34.3 Å². The Morgan fingerprint density at radius 2 is 1.82 bits per heavy atom. The van der Waals surface area contributed by atoms with Crippen molar-refractivity contribution in [3.8, 4) is 5.75 Å². The molecule has 4 heterocycles. The summed E-state index contributed by atoms with van der Waals surface area (Å²) in [5.41, 5.74) is -2.35. The number of carboxylic acid groups (broad SMARTS) is 1. The second-order valence-corrected chi connectivity index (χ2v) is 11.7. The molecule has 3 aliphatic rings. The van der Waals surface area contributed by atoms with Crippen LogP contribution in [-0.4, -0.2) is 76.5 Å². The summed E-state index contributed by atoms with van der Waals surface area (Å²) in [4.78, 5) is 38.9. The van der Waals surface area contributed by atoms with Crippen LogP contribution in [0.15, 0.2) is 23.1 Å². The van der Waals surface area contributed by atoms with Gasteiger partial charge in [0.25, 0.3) is 0 Å². The number of anilines is 2. The van der Waals surface area contributed by atoms with E-state index in [1.165, 1.54) is 6.20 Å². The Labute approximate surface area is 252 Å². The molecule has 2 aromatic carbocycles. The van der Waals surface area contributed by atoms with Crippen LogP contribution >= 0.6 is 0 Å². The molecule has 0 spiro atoms. The van der Waals surface area contributed by atoms with E-state index in [-0.39, 0.29) is 49.6 Å². The number of benzene rings is 2. The number of aliphatic hydroxyl groups excluding tert-OH is 1. The fourth-order valence-corrected chi connectivity index (χ4v) is 6.33. The van der Waals surface area contributed by atoms with E-state index < -0.39 is 82.7 Å². The molecule has 240 valence electrons. The second kappa shape index (κ2) is 11.2. The number of cyclic esters (lactones) is 1. The summed E-state index contributed by atoms with van der Waals surface area (Å²) in [6.07, 6.45) is 0.176. The summed E-state index contributed by atoms with van der Waals surface area (Å²) in [5.74, 6) is -7.82. The van der Waals surface area contributed by atoms with Gasteiger partial charge in [-0.2, -0.15) is 4.39 Å². The molecule has 3 aromatic rings. The lowest BCUT2D eigenvalue weighted by Gasteiger charge is -2.40. The van der Waals surface area contributed by atoms with Gasteiger partial charge in [0.1, 0.15) is 29.7 Å². The van der Waals surface area contributed by atoms with Crippen molar-refractivity contribution in [3.63, 3.8) is 0 Å². The van der Waals surface area contributed by atoms with Gasteiger partial charge in [-0.05, 0) is 38.7 Å². The maximum Gasteiger partial charge on any atom is 0.414 e. The fraction of sp³-hybridized carbons (Fsp3) is 0.433. The first-order valence-corrected chi connectivity index (χ1v) is 14.3. The fourth-order valence-electron chi connectivity index (χ4n) is 6.33. The highest BCUT2D eigenvalue weighted by atomic mass is 19.2. The first kappa shape index (κ1) is 30.6. The lowest BCUT2D eigenvalue weighted by atomic mass is 9.89. The zero-order chi connectivity index (χ0) is 32.4. The molecule has 15 heteroatoms. The molecule has 0 radical (unpaired) electrons. The Morgan fingerprint density at radius 1 is 1.11 bits per heavy atom. The van der Waals surface area contributed by atoms with Crippen LogP contribution in [0.1, 0.15) is 48.1 Å². The summed E-state index contributed by atoms with van der Waals surface area (Å²) in [6, 6.07) is 1.47. The number of hydrogen-bond donors (Lipinski definition) is 3. The minimum atomic E-state index is -1.71. The number of aryl methyl sites for hydroxylation is 1. The quantitative estimate of drug-likeness (QED) is 0.263. The van der Waals surface area contributed by atoms with Crippen molar-refractivity contribution in [2.24, 2.45) is 0 Å². The van der Waals surface area contributed by atoms with Crippen LogP contribution in [0, 0.1) is 23.3 Å². The topological polar surface area (TPSA) is 142 Å². The average molecular weight is 636 g/mol. The van der Waals surface area contributed by atoms with Gasteiger partial charge in [-0.15, -0.1) is 0 Å². The minimum absolute atomic E-state index is 0.0168. The van der Waals surface area contributed by atoms with Gasteiger partial charge < -0.3 is 34.3 Å². The van der Waals surface area contributed by atoms with Crippen LogP contribution in [0.2, 0.25) is 0 Å². The van der Waals surface area contributed by atoms with Gasteiger partial charge in [0.05, 0.1) is 30.0 Å². The Balaban J connectivity index is 1.21. The largest absolute Gasteiger partial charge is 0.484 e. The second-order valence-electron chi connectivity index (χ2n) is 11.7. The van der Waals surface area contributed by atoms with E-state index in [9.17, 15) is 37.8 Å². The molecule has 0 saturated carbocycles. The third-order valence-electron chi connectivity index (χ3n) is 8.82. The number of amides is 1. The van der Waals surface area contributed by atoms with Gasteiger partial charge in [0.15, 0.2) is 17.4 Å². The number of rotatable bonds is 7. The Morgan fingerprint density at radius 3 is 2.47 bits per heavy atom. The van der Waals surface area contributed by atoms with Crippen molar-refractivity contribution in [2.45, 2.75) is 50.4 Å². The van der Waals surface area contributed by atoms with E-state index in [0.29, 0.717) is 34.9 Å². The van der Waals surface area contributed by atoms with Crippen LogP contribution in [0.4, 0.5) is 33.7 Å². The number of aliphatic hydroxyl groups is 2. The van der Waals surface area contributed by atoms with Crippen molar-refractivity contribution in [1.82, 2.24) is 4.57 Å². The number of piperidine rings is 1. The van der Waals surface area contributed by atoms with E-state index in [0.717, 1.165) is 6.07 Å². The highest BCUT2D eigenvalue weighted by Crippen LogP contribution is 2.40. The molecular weight excluding hydrogens is 606 g/mol. The van der Waals surface area contributed by atoms with Crippen molar-refractivity contribution in [1.29, 1.82) is 0 Å². The van der Waals surface area contributed by atoms with Crippen molar-refractivity contribution < 1.29 is 51.9 Å². The first-order valence-electron chi connectivity index (χ1n) is 14.3. The molecule has 6 rings (SSSR count). The number of carbonyl (C=O) groups excluding carboxylic acids is 1. The van der Waals surface area contributed by atoms with Crippen molar-refractivity contribution in [2.75, 3.05) is 42.6 Å². The van der Waals surface area contributed by atoms with E-state index in [1.54, 1.807) is 9.47 Å². The summed E-state index contributed by atoms with van der Waals surface area (Å²) < 4.78 is 72.0. The van der Waals surface area contributed by atoms with Gasteiger partial charge >= 0.3 is 12.1 Å². The number of hydrogen-bond acceptors (Lipinski definition) is 8. The highest BCUT2D eigenvalue weighted by Gasteiger charge is 2.39. The first-order chi connectivity index (χ1) is 21.3. The molecule has 45 heavy (non-hydrogen) atoms. The summed E-state index contributed by atoms with van der Waals surface area (Å²) in [7, 11) is 0. The lowest BCUT2D eigenvalue weighted by Crippen LogP contribution is -2.48. The van der Waals surface area contributed by atoms with Gasteiger partial charge in [0, 0.05) is 42.3 Å². The number of halogens is 4. The average Bonchev–Trinajstić information content (AvgIpc) is 3.38. The minimum Gasteiger partial charge on any atom is -0.484 e. The summed E-state index contributed by atoms with van der Waals surface area (Å²) >= 11 is 0. The number of nitrogens with zero attached hydrogens (tertiary/aromatic N) is 3. The van der Waals surface area contributed by atoms with Gasteiger partial charge in [-0.1, -0.05) is 0 Å². The van der Waals surface area contributed by atoms with Crippen LogP contribution in [-0.2, 0) is 11.2 Å². The van der Waals surface area contributed by atoms with E-state index in [2.05, 4.69) is 0 Å². The number of carbonyl (C=O) groups is 2. The molecule has 3 aliphatic heterocycles. The highest BCUT2D eigenvalue weighted by molar-refractivity contribution is 5.95. The standard InChI is InChI=1S/C30H29F4N3O8/c1-14-2-3-16-24-17(26(39)18(28(40)41)11-36(14)24)8-19(31)25(16)35-6-4-30(43,5-7-35)13-44-27-20(32)9-21(22(33)23(27)34)37-10-15(12-38)45-29(37)42/h8-9,11,14-15,38,43H,2-7,10,12-13H2,1H3,(H,40,41)/t14-,15+/m0/s1. The molecule has 1 amide bonds. The predicted octanol–water partition coefficient (Wildman–Crippen LogP) is 3.49. The molecule has 3 N–H and O–H groups in total. The zero-order valence-electron chi connectivity index (χ0n) is 24.0. The Hall–Kier alpha value is -4.37. The van der Waals surface area contributed by atoms with Gasteiger partial charge in [-0.25, -0.2) is 22.8 Å². The van der Waals surface area contributed by atoms with E-state index >= 15 is 4.39 Å². The zero-order valence-corrected chi connectivity index (χ0v) is 24.0. The van der Waals surface area contributed by atoms with Gasteiger partial charge in [-0.3, -0.25) is 9.69 Å². The van der Waals surface area contributed by atoms with Crippen LogP contribution < -0.4 is 20.0 Å². The molecule has 0 bridgehead atoms. The molecule has 1 aromatic heterocycles. The number of pyridine rings is 1. The lowest BCUT2D eigenvalue weighted by molar-refractivity contribution is -0.0261. The normalized spacial score (nSPS) is 20.9. The molecule has 2 saturated heterocycles.